The zero-order chi connectivity index (χ0) is 18.4. The summed E-state index contributed by atoms with van der Waals surface area (Å²) in [4.78, 5) is 13.1. The van der Waals surface area contributed by atoms with E-state index >= 15 is 0 Å². The molecule has 0 aliphatic heterocycles. The first kappa shape index (κ1) is 16.8. The SMILES string of the molecule is Cc1ccc2cc3cc(C)c(C(=O)c4cc(Cl)ccc4C)cc3cc2c1. The van der Waals surface area contributed by atoms with E-state index in [0.717, 1.165) is 27.5 Å². The smallest absolute Gasteiger partial charge is 0.193 e. The van der Waals surface area contributed by atoms with Gasteiger partial charge in [-0.15, -0.1) is 0 Å². The van der Waals surface area contributed by atoms with E-state index in [1.165, 1.54) is 16.3 Å². The van der Waals surface area contributed by atoms with Crippen LogP contribution in [0.3, 0.4) is 0 Å². The van der Waals surface area contributed by atoms with Crippen LogP contribution in [-0.4, -0.2) is 5.78 Å². The second kappa shape index (κ2) is 6.26. The Balaban J connectivity index is 1.92. The van der Waals surface area contributed by atoms with E-state index in [0.29, 0.717) is 10.6 Å². The van der Waals surface area contributed by atoms with Gasteiger partial charge in [-0.2, -0.15) is 0 Å². The van der Waals surface area contributed by atoms with E-state index in [9.17, 15) is 4.79 Å². The van der Waals surface area contributed by atoms with Gasteiger partial charge >= 0.3 is 0 Å². The number of hydrogen-bond acceptors (Lipinski definition) is 1. The summed E-state index contributed by atoms with van der Waals surface area (Å²) < 4.78 is 0. The van der Waals surface area contributed by atoms with Crippen LogP contribution >= 0.6 is 11.6 Å². The molecule has 4 rings (SSSR count). The Morgan fingerprint density at radius 3 is 2.12 bits per heavy atom. The van der Waals surface area contributed by atoms with Gasteiger partial charge < -0.3 is 0 Å². The van der Waals surface area contributed by atoms with Gasteiger partial charge in [0.05, 0.1) is 0 Å². The third-order valence-electron chi connectivity index (χ3n) is 4.98. The number of carbonyl (C=O) groups is 1. The zero-order valence-corrected chi connectivity index (χ0v) is 15.8. The van der Waals surface area contributed by atoms with Crippen molar-refractivity contribution in [1.82, 2.24) is 0 Å². The normalized spacial score (nSPS) is 11.2. The molecule has 0 aliphatic rings. The van der Waals surface area contributed by atoms with Gasteiger partial charge in [-0.3, -0.25) is 4.79 Å². The molecule has 0 spiro atoms. The molecule has 26 heavy (non-hydrogen) atoms. The molecule has 0 bridgehead atoms. The summed E-state index contributed by atoms with van der Waals surface area (Å²) in [7, 11) is 0. The van der Waals surface area contributed by atoms with E-state index in [2.05, 4.69) is 43.3 Å². The summed E-state index contributed by atoms with van der Waals surface area (Å²) in [5.41, 5.74) is 4.54. The lowest BCUT2D eigenvalue weighted by molar-refractivity contribution is 0.103. The predicted molar refractivity (Wildman–Crippen MR) is 111 cm³/mol. The Hall–Kier alpha value is -2.64. The molecule has 4 aromatic carbocycles. The van der Waals surface area contributed by atoms with Crippen LogP contribution in [0, 0.1) is 20.8 Å². The molecule has 0 aliphatic carbocycles. The molecule has 0 atom stereocenters. The number of aryl methyl sites for hydroxylation is 3. The molecular formula is C24H19ClO. The summed E-state index contributed by atoms with van der Waals surface area (Å²) in [5, 5.41) is 5.22. The number of halogens is 1. The zero-order valence-electron chi connectivity index (χ0n) is 15.1. The maximum atomic E-state index is 13.1. The van der Waals surface area contributed by atoms with Gasteiger partial charge in [0.2, 0.25) is 0 Å². The Kier molecular flexibility index (Phi) is 4.05. The maximum Gasteiger partial charge on any atom is 0.193 e. The maximum absolute atomic E-state index is 13.1. The quantitative estimate of drug-likeness (QED) is 0.284. The van der Waals surface area contributed by atoms with Crippen LogP contribution in [0.5, 0.6) is 0 Å². The van der Waals surface area contributed by atoms with Crippen LogP contribution in [0.4, 0.5) is 0 Å². The highest BCUT2D eigenvalue weighted by Crippen LogP contribution is 2.28. The van der Waals surface area contributed by atoms with Crippen molar-refractivity contribution in [2.24, 2.45) is 0 Å². The standard InChI is InChI=1S/C24H19ClO/c1-14-4-6-17-10-19-9-16(3)22(12-20(19)11-18(17)8-14)24(26)23-13-21(25)7-5-15(23)2/h4-13H,1-3H3. The van der Waals surface area contributed by atoms with E-state index in [4.69, 9.17) is 11.6 Å². The Morgan fingerprint density at radius 1 is 0.654 bits per heavy atom. The molecule has 0 saturated carbocycles. The van der Waals surface area contributed by atoms with E-state index in [1.807, 2.05) is 32.0 Å². The van der Waals surface area contributed by atoms with E-state index < -0.39 is 0 Å². The lowest BCUT2D eigenvalue weighted by atomic mass is 9.92. The molecule has 0 aromatic heterocycles. The van der Waals surface area contributed by atoms with Crippen LogP contribution in [0.2, 0.25) is 5.02 Å². The molecule has 0 amide bonds. The Bertz CT molecular complexity index is 1190. The molecule has 2 heteroatoms. The number of carbonyl (C=O) groups excluding carboxylic acids is 1. The molecular weight excluding hydrogens is 340 g/mol. The van der Waals surface area contributed by atoms with Gasteiger partial charge in [0.15, 0.2) is 5.78 Å². The van der Waals surface area contributed by atoms with Crippen LogP contribution in [0.25, 0.3) is 21.5 Å². The summed E-state index contributed by atoms with van der Waals surface area (Å²) in [6, 6.07) is 20.4. The monoisotopic (exact) mass is 358 g/mol. The average molecular weight is 359 g/mol. The molecule has 1 nitrogen and oxygen atoms in total. The first-order valence-electron chi connectivity index (χ1n) is 8.68. The average Bonchev–Trinajstić information content (AvgIpc) is 2.61. The molecule has 128 valence electrons. The van der Waals surface area contributed by atoms with Crippen molar-refractivity contribution < 1.29 is 4.79 Å². The Labute approximate surface area is 158 Å². The Morgan fingerprint density at radius 2 is 1.31 bits per heavy atom. The van der Waals surface area contributed by atoms with Crippen molar-refractivity contribution >= 4 is 38.9 Å². The first-order chi connectivity index (χ1) is 12.4. The van der Waals surface area contributed by atoms with E-state index in [-0.39, 0.29) is 5.78 Å². The third-order valence-corrected chi connectivity index (χ3v) is 5.22. The second-order valence-corrected chi connectivity index (χ2v) is 7.44. The van der Waals surface area contributed by atoms with E-state index in [1.54, 1.807) is 6.07 Å². The minimum atomic E-state index is 0.0220. The minimum absolute atomic E-state index is 0.0220. The third kappa shape index (κ3) is 2.89. The van der Waals surface area contributed by atoms with Crippen LogP contribution in [0.1, 0.15) is 32.6 Å². The second-order valence-electron chi connectivity index (χ2n) is 7.01. The van der Waals surface area contributed by atoms with Crippen LogP contribution in [-0.2, 0) is 0 Å². The predicted octanol–water partition coefficient (Wildman–Crippen LogP) is 6.80. The van der Waals surface area contributed by atoms with Crippen molar-refractivity contribution in [3.63, 3.8) is 0 Å². The van der Waals surface area contributed by atoms with Crippen molar-refractivity contribution in [2.75, 3.05) is 0 Å². The van der Waals surface area contributed by atoms with Gasteiger partial charge in [-0.25, -0.2) is 0 Å². The highest BCUT2D eigenvalue weighted by molar-refractivity contribution is 6.31. The lowest BCUT2D eigenvalue weighted by Gasteiger charge is -2.11. The number of ketones is 1. The number of hydrogen-bond donors (Lipinski definition) is 0. The van der Waals surface area contributed by atoms with Gasteiger partial charge in [0.1, 0.15) is 0 Å². The molecule has 4 aromatic rings. The highest BCUT2D eigenvalue weighted by Gasteiger charge is 2.16. The van der Waals surface area contributed by atoms with Gasteiger partial charge in [-0.1, -0.05) is 47.5 Å². The molecule has 0 unspecified atom stereocenters. The minimum Gasteiger partial charge on any atom is -0.289 e. The highest BCUT2D eigenvalue weighted by atomic mass is 35.5. The molecule has 0 N–H and O–H groups in total. The summed E-state index contributed by atoms with van der Waals surface area (Å²) in [5.74, 6) is 0.0220. The van der Waals surface area contributed by atoms with Crippen LogP contribution in [0.15, 0.2) is 60.7 Å². The number of fused-ring (bicyclic) bond motifs is 2. The summed E-state index contributed by atoms with van der Waals surface area (Å²) in [6.45, 7) is 6.03. The molecule has 0 fully saturated rings. The summed E-state index contributed by atoms with van der Waals surface area (Å²) in [6.07, 6.45) is 0. The fourth-order valence-electron chi connectivity index (χ4n) is 3.51. The van der Waals surface area contributed by atoms with Crippen molar-refractivity contribution in [1.29, 1.82) is 0 Å². The summed E-state index contributed by atoms with van der Waals surface area (Å²) >= 11 is 6.11. The topological polar surface area (TPSA) is 17.1 Å². The van der Waals surface area contributed by atoms with Gasteiger partial charge in [0.25, 0.3) is 0 Å². The first-order valence-corrected chi connectivity index (χ1v) is 9.06. The van der Waals surface area contributed by atoms with Crippen molar-refractivity contribution in [2.45, 2.75) is 20.8 Å². The largest absolute Gasteiger partial charge is 0.289 e. The van der Waals surface area contributed by atoms with Crippen molar-refractivity contribution in [3.05, 3.63) is 93.5 Å². The molecule has 0 heterocycles. The fourth-order valence-corrected chi connectivity index (χ4v) is 3.68. The molecule has 0 saturated heterocycles. The molecule has 0 radical (unpaired) electrons. The van der Waals surface area contributed by atoms with Gasteiger partial charge in [0, 0.05) is 16.1 Å². The number of rotatable bonds is 2. The van der Waals surface area contributed by atoms with Crippen molar-refractivity contribution in [3.8, 4) is 0 Å². The lowest BCUT2D eigenvalue weighted by Crippen LogP contribution is -2.06. The van der Waals surface area contributed by atoms with Crippen LogP contribution < -0.4 is 0 Å². The number of benzene rings is 4. The fraction of sp³-hybridized carbons (Fsp3) is 0.125. The van der Waals surface area contributed by atoms with Gasteiger partial charge in [-0.05, 0) is 83.8 Å².